The van der Waals surface area contributed by atoms with Gasteiger partial charge in [0, 0.05) is 10.1 Å². The second kappa shape index (κ2) is 12.2. The summed E-state index contributed by atoms with van der Waals surface area (Å²) in [5, 5.41) is -0.203. The third-order valence-corrected chi connectivity index (χ3v) is 8.41. The molecule has 0 atom stereocenters. The molecule has 0 bridgehead atoms. The number of halogens is 3. The minimum absolute atomic E-state index is 0.203. The molecule has 0 saturated carbocycles. The summed E-state index contributed by atoms with van der Waals surface area (Å²) < 4.78 is 9.19. The second-order valence-corrected chi connectivity index (χ2v) is 12.2. The van der Waals surface area contributed by atoms with Crippen LogP contribution in [-0.2, 0) is 17.8 Å². The minimum Gasteiger partial charge on any atom is -0.487 e. The lowest BCUT2D eigenvalue weighted by atomic mass is 10.1. The van der Waals surface area contributed by atoms with Crippen molar-refractivity contribution in [3.05, 3.63) is 99.0 Å². The number of amides is 2. The van der Waals surface area contributed by atoms with Crippen molar-refractivity contribution in [2.24, 2.45) is 0 Å². The number of nitrogens with zero attached hydrogens (tertiary/aromatic N) is 1. The van der Waals surface area contributed by atoms with Gasteiger partial charge in [-0.2, -0.15) is 0 Å². The molecule has 0 unspecified atom stereocenters. The molecule has 34 heavy (non-hydrogen) atoms. The molecule has 4 nitrogen and oxygen atoms in total. The number of thioether (sulfide) groups is 1. The molecule has 0 radical (unpaired) electrons. The molecule has 4 rings (SSSR count). The molecule has 0 aliphatic carbocycles. The average Bonchev–Trinajstić information content (AvgIpc) is 3.07. The van der Waals surface area contributed by atoms with E-state index in [1.54, 1.807) is 6.08 Å². The first-order valence-electron chi connectivity index (χ1n) is 10.6. The number of ether oxygens (including phenoxy) is 1. The minimum atomic E-state index is -0.216. The van der Waals surface area contributed by atoms with Gasteiger partial charge in [-0.1, -0.05) is 42.5 Å². The summed E-state index contributed by atoms with van der Waals surface area (Å²) in [4.78, 5) is 27.1. The van der Waals surface area contributed by atoms with Crippen molar-refractivity contribution in [2.45, 2.75) is 19.4 Å². The smallest absolute Gasteiger partial charge is 0.293 e. The summed E-state index contributed by atoms with van der Waals surface area (Å²) in [7, 11) is 0. The third kappa shape index (κ3) is 6.76. The Labute approximate surface area is 244 Å². The average molecular weight is 807 g/mol. The number of hydrogen-bond donors (Lipinski definition) is 0. The lowest BCUT2D eigenvalue weighted by molar-refractivity contribution is -0.122. The Balaban J connectivity index is 1.41. The molecule has 1 aliphatic heterocycles. The van der Waals surface area contributed by atoms with Crippen molar-refractivity contribution >= 4 is 96.8 Å². The zero-order chi connectivity index (χ0) is 24.1. The van der Waals surface area contributed by atoms with E-state index < -0.39 is 0 Å². The molecular weight excluding hydrogens is 787 g/mol. The quantitative estimate of drug-likeness (QED) is 0.173. The summed E-state index contributed by atoms with van der Waals surface area (Å²) in [5.74, 6) is 0.609. The number of carbonyl (C=O) groups is 2. The van der Waals surface area contributed by atoms with E-state index in [1.165, 1.54) is 14.0 Å². The van der Waals surface area contributed by atoms with Crippen LogP contribution in [0, 0.1) is 10.7 Å². The molecule has 1 fully saturated rings. The number of rotatable bonds is 8. The summed E-state index contributed by atoms with van der Waals surface area (Å²) in [6.07, 6.45) is 3.38. The number of carbonyl (C=O) groups excluding carboxylic acids is 2. The van der Waals surface area contributed by atoms with E-state index >= 15 is 0 Å². The maximum Gasteiger partial charge on any atom is 0.293 e. The summed E-state index contributed by atoms with van der Waals surface area (Å²) >= 11 is 7.80. The fraction of sp³-hybridized carbons (Fsp3) is 0.154. The third-order valence-electron chi connectivity index (χ3n) is 5.18. The highest BCUT2D eigenvalue weighted by Gasteiger charge is 2.34. The molecule has 1 aliphatic rings. The fourth-order valence-electron chi connectivity index (χ4n) is 3.47. The van der Waals surface area contributed by atoms with E-state index in [4.69, 9.17) is 4.74 Å². The van der Waals surface area contributed by atoms with Gasteiger partial charge in [0.15, 0.2) is 0 Å². The highest BCUT2D eigenvalue weighted by Crippen LogP contribution is 2.35. The van der Waals surface area contributed by atoms with Crippen LogP contribution in [0.15, 0.2) is 71.6 Å². The topological polar surface area (TPSA) is 46.6 Å². The number of benzene rings is 3. The molecule has 2 amide bonds. The van der Waals surface area contributed by atoms with Crippen molar-refractivity contribution < 1.29 is 14.3 Å². The Morgan fingerprint density at radius 2 is 1.56 bits per heavy atom. The van der Waals surface area contributed by atoms with Gasteiger partial charge in [0.25, 0.3) is 11.1 Å². The van der Waals surface area contributed by atoms with Gasteiger partial charge in [0.05, 0.1) is 12.0 Å². The standard InChI is InChI=1S/C26H20I3NO3S/c27-20-10-8-18(9-11-20)16-33-24-21(28)13-19(14-22(24)29)15-23-25(31)30(26(32)34-23)12-4-7-17-5-2-1-3-6-17/h1-3,5-6,8-11,13-15H,4,7,12,16H2/b23-15+. The predicted molar refractivity (Wildman–Crippen MR) is 163 cm³/mol. The molecule has 0 spiro atoms. The normalized spacial score (nSPS) is 14.8. The van der Waals surface area contributed by atoms with Crippen LogP contribution in [0.2, 0.25) is 0 Å². The van der Waals surface area contributed by atoms with E-state index in [9.17, 15) is 9.59 Å². The zero-order valence-corrected chi connectivity index (χ0v) is 25.3. The largest absolute Gasteiger partial charge is 0.487 e. The fourth-order valence-corrected chi connectivity index (χ4v) is 6.82. The van der Waals surface area contributed by atoms with Gasteiger partial charge >= 0.3 is 0 Å². The molecule has 0 N–H and O–H groups in total. The van der Waals surface area contributed by atoms with E-state index in [-0.39, 0.29) is 11.1 Å². The van der Waals surface area contributed by atoms with E-state index in [0.717, 1.165) is 48.6 Å². The highest BCUT2D eigenvalue weighted by atomic mass is 127. The van der Waals surface area contributed by atoms with Gasteiger partial charge in [-0.3, -0.25) is 14.5 Å². The van der Waals surface area contributed by atoms with E-state index in [2.05, 4.69) is 104 Å². The number of aryl methyl sites for hydroxylation is 1. The van der Waals surface area contributed by atoms with Crippen LogP contribution >= 0.6 is 79.5 Å². The Morgan fingerprint density at radius 3 is 2.24 bits per heavy atom. The summed E-state index contributed by atoms with van der Waals surface area (Å²) in [6.45, 7) is 0.918. The van der Waals surface area contributed by atoms with Crippen LogP contribution < -0.4 is 4.74 Å². The van der Waals surface area contributed by atoms with Crippen molar-refractivity contribution in [2.75, 3.05) is 6.54 Å². The molecular formula is C26H20I3NO3S. The molecule has 3 aromatic rings. The van der Waals surface area contributed by atoms with Crippen LogP contribution in [0.25, 0.3) is 6.08 Å². The van der Waals surface area contributed by atoms with Crippen molar-refractivity contribution in [1.82, 2.24) is 4.90 Å². The van der Waals surface area contributed by atoms with Crippen LogP contribution in [0.1, 0.15) is 23.1 Å². The Hall–Kier alpha value is -1.12. The first-order valence-corrected chi connectivity index (χ1v) is 14.6. The molecule has 8 heteroatoms. The van der Waals surface area contributed by atoms with Crippen molar-refractivity contribution in [3.8, 4) is 5.75 Å². The van der Waals surface area contributed by atoms with Crippen molar-refractivity contribution in [1.29, 1.82) is 0 Å². The van der Waals surface area contributed by atoms with Crippen LogP contribution in [0.3, 0.4) is 0 Å². The first kappa shape index (κ1) is 26.0. The Bertz CT molecular complexity index is 1210. The molecule has 1 heterocycles. The predicted octanol–water partition coefficient (Wildman–Crippen LogP) is 7.75. The lowest BCUT2D eigenvalue weighted by Crippen LogP contribution is -2.29. The lowest BCUT2D eigenvalue weighted by Gasteiger charge is -2.12. The SMILES string of the molecule is O=C1S/C(=C/c2cc(I)c(OCc3ccc(I)cc3)c(I)c2)C(=O)N1CCCc1ccccc1. The number of hydrogen-bond acceptors (Lipinski definition) is 4. The molecule has 3 aromatic carbocycles. The highest BCUT2D eigenvalue weighted by molar-refractivity contribution is 14.1. The Kier molecular flexibility index (Phi) is 9.33. The van der Waals surface area contributed by atoms with Crippen LogP contribution in [0.4, 0.5) is 4.79 Å². The summed E-state index contributed by atoms with van der Waals surface area (Å²) in [6, 6.07) is 22.3. The second-order valence-electron chi connectivity index (χ2n) is 7.65. The van der Waals surface area contributed by atoms with Crippen molar-refractivity contribution in [3.63, 3.8) is 0 Å². The van der Waals surface area contributed by atoms with Gasteiger partial charge in [-0.05, 0) is 139 Å². The number of imide groups is 1. The monoisotopic (exact) mass is 807 g/mol. The molecule has 174 valence electrons. The maximum absolute atomic E-state index is 12.9. The van der Waals surface area contributed by atoms with Gasteiger partial charge in [-0.15, -0.1) is 0 Å². The van der Waals surface area contributed by atoms with Gasteiger partial charge < -0.3 is 4.74 Å². The van der Waals surface area contributed by atoms with Crippen LogP contribution in [0.5, 0.6) is 5.75 Å². The van der Waals surface area contributed by atoms with E-state index in [1.807, 2.05) is 30.3 Å². The molecule has 0 aromatic heterocycles. The van der Waals surface area contributed by atoms with Gasteiger partial charge in [-0.25, -0.2) is 0 Å². The Morgan fingerprint density at radius 1 is 0.882 bits per heavy atom. The first-order chi connectivity index (χ1) is 16.4. The van der Waals surface area contributed by atoms with Gasteiger partial charge in [0.2, 0.25) is 0 Å². The zero-order valence-electron chi connectivity index (χ0n) is 18.0. The van der Waals surface area contributed by atoms with Crippen LogP contribution in [-0.4, -0.2) is 22.6 Å². The molecule has 1 saturated heterocycles. The van der Waals surface area contributed by atoms with E-state index in [0.29, 0.717) is 18.1 Å². The summed E-state index contributed by atoms with van der Waals surface area (Å²) in [5.41, 5.74) is 3.20. The van der Waals surface area contributed by atoms with Gasteiger partial charge in [0.1, 0.15) is 12.4 Å². The maximum atomic E-state index is 12.9.